The second kappa shape index (κ2) is 9.47. The molecule has 30 heavy (non-hydrogen) atoms. The molecule has 1 heterocycles. The fourth-order valence-corrected chi connectivity index (χ4v) is 4.58. The second-order valence-corrected chi connectivity index (χ2v) is 9.58. The van der Waals surface area contributed by atoms with Crippen molar-refractivity contribution >= 4 is 33.2 Å². The first-order valence-electron chi connectivity index (χ1n) is 9.56. The molecule has 3 rings (SSSR count). The molecule has 1 fully saturated rings. The lowest BCUT2D eigenvalue weighted by Gasteiger charge is -2.25. The van der Waals surface area contributed by atoms with Crippen molar-refractivity contribution < 1.29 is 13.2 Å². The van der Waals surface area contributed by atoms with Crippen LogP contribution in [0.15, 0.2) is 53.4 Å². The minimum atomic E-state index is -3.77. The van der Waals surface area contributed by atoms with Gasteiger partial charge in [-0.1, -0.05) is 11.6 Å². The first-order chi connectivity index (χ1) is 14.3. The van der Waals surface area contributed by atoms with Gasteiger partial charge in [0.15, 0.2) is 0 Å². The summed E-state index contributed by atoms with van der Waals surface area (Å²) in [5, 5.41) is 9.38. The third kappa shape index (κ3) is 5.11. The van der Waals surface area contributed by atoms with Crippen molar-refractivity contribution in [2.45, 2.75) is 11.3 Å². The van der Waals surface area contributed by atoms with E-state index in [0.717, 1.165) is 23.0 Å². The molecule has 0 bridgehead atoms. The summed E-state index contributed by atoms with van der Waals surface area (Å²) in [4.78, 5) is 16.7. The Morgan fingerprint density at radius 3 is 2.37 bits per heavy atom. The van der Waals surface area contributed by atoms with Crippen LogP contribution in [-0.4, -0.2) is 63.3 Å². The van der Waals surface area contributed by atoms with Crippen LogP contribution in [-0.2, 0) is 14.8 Å². The maximum atomic E-state index is 12.8. The highest BCUT2D eigenvalue weighted by Crippen LogP contribution is 2.19. The number of sulfonamides is 1. The third-order valence-corrected chi connectivity index (χ3v) is 7.16. The van der Waals surface area contributed by atoms with Gasteiger partial charge in [0.25, 0.3) is 0 Å². The summed E-state index contributed by atoms with van der Waals surface area (Å²) in [6.45, 7) is 2.29. The number of benzene rings is 2. The number of anilines is 1. The Labute approximate surface area is 182 Å². The maximum absolute atomic E-state index is 12.8. The lowest BCUT2D eigenvalue weighted by atomic mass is 10.2. The molecule has 1 aliphatic heterocycles. The monoisotopic (exact) mass is 446 g/mol. The normalized spacial score (nSPS) is 15.0. The zero-order valence-electron chi connectivity index (χ0n) is 16.7. The van der Waals surface area contributed by atoms with Crippen molar-refractivity contribution in [1.29, 1.82) is 5.26 Å². The molecule has 2 aromatic rings. The largest absolute Gasteiger partial charge is 0.370 e. The molecule has 158 valence electrons. The Hall–Kier alpha value is -2.60. The van der Waals surface area contributed by atoms with Gasteiger partial charge in [0, 0.05) is 43.9 Å². The molecule has 0 aromatic heterocycles. The van der Waals surface area contributed by atoms with Crippen molar-refractivity contribution in [3.05, 3.63) is 59.1 Å². The van der Waals surface area contributed by atoms with Crippen molar-refractivity contribution in [3.63, 3.8) is 0 Å². The Morgan fingerprint density at radius 2 is 1.73 bits per heavy atom. The van der Waals surface area contributed by atoms with Gasteiger partial charge in [-0.3, -0.25) is 4.79 Å². The summed E-state index contributed by atoms with van der Waals surface area (Å²) < 4.78 is 26.5. The minimum absolute atomic E-state index is 0.102. The van der Waals surface area contributed by atoms with Crippen molar-refractivity contribution in [3.8, 4) is 6.07 Å². The first kappa shape index (κ1) is 22.1. The van der Waals surface area contributed by atoms with Gasteiger partial charge < -0.3 is 9.80 Å². The van der Waals surface area contributed by atoms with Crippen LogP contribution in [0.5, 0.6) is 0 Å². The number of hydrogen-bond donors (Lipinski definition) is 0. The average molecular weight is 447 g/mol. The Balaban J connectivity index is 1.61. The number of carbonyl (C=O) groups excluding carboxylic acids is 1. The molecule has 2 aromatic carbocycles. The molecule has 1 amide bonds. The first-order valence-corrected chi connectivity index (χ1v) is 11.4. The van der Waals surface area contributed by atoms with E-state index in [1.165, 1.54) is 31.3 Å². The van der Waals surface area contributed by atoms with E-state index in [0.29, 0.717) is 30.2 Å². The van der Waals surface area contributed by atoms with Gasteiger partial charge in [0.2, 0.25) is 15.9 Å². The quantitative estimate of drug-likeness (QED) is 0.704. The van der Waals surface area contributed by atoms with Gasteiger partial charge in [-0.2, -0.15) is 9.57 Å². The number of nitrogens with zero attached hydrogens (tertiary/aromatic N) is 4. The van der Waals surface area contributed by atoms with Gasteiger partial charge in [0.05, 0.1) is 23.1 Å². The van der Waals surface area contributed by atoms with E-state index in [2.05, 4.69) is 11.0 Å². The summed E-state index contributed by atoms with van der Waals surface area (Å²) in [5.41, 5.74) is 1.61. The van der Waals surface area contributed by atoms with Crippen LogP contribution >= 0.6 is 11.6 Å². The van der Waals surface area contributed by atoms with Gasteiger partial charge in [-0.25, -0.2) is 8.42 Å². The number of amides is 1. The van der Waals surface area contributed by atoms with Gasteiger partial charge in [-0.05, 0) is 55.0 Å². The van der Waals surface area contributed by atoms with Crippen LogP contribution in [0.2, 0.25) is 5.02 Å². The lowest BCUT2D eigenvalue weighted by Crippen LogP contribution is -2.42. The van der Waals surface area contributed by atoms with E-state index in [9.17, 15) is 13.2 Å². The summed E-state index contributed by atoms with van der Waals surface area (Å²) in [6.07, 6.45) is 0.777. The van der Waals surface area contributed by atoms with Crippen LogP contribution in [0, 0.1) is 11.3 Å². The molecule has 9 heteroatoms. The highest BCUT2D eigenvalue weighted by molar-refractivity contribution is 7.89. The SMILES string of the molecule is CN(CC(=O)N1CCCN(c2ccc(C#N)cc2)CC1)S(=O)(=O)c1ccc(Cl)cc1. The zero-order chi connectivity index (χ0) is 21.7. The molecule has 0 unspecified atom stereocenters. The molecule has 0 saturated carbocycles. The molecule has 0 aliphatic carbocycles. The number of rotatable bonds is 5. The molecule has 1 saturated heterocycles. The predicted octanol–water partition coefficient (Wildman–Crippen LogP) is 2.57. The number of carbonyl (C=O) groups is 1. The Bertz CT molecular complexity index is 1030. The van der Waals surface area contributed by atoms with Crippen LogP contribution in [0.25, 0.3) is 0 Å². The van der Waals surface area contributed by atoms with Gasteiger partial charge in [-0.15, -0.1) is 0 Å². The molecule has 0 N–H and O–H groups in total. The maximum Gasteiger partial charge on any atom is 0.243 e. The summed E-state index contributed by atoms with van der Waals surface area (Å²) in [6, 6.07) is 15.4. The average Bonchev–Trinajstić information content (AvgIpc) is 3.00. The number of nitriles is 1. The fraction of sp³-hybridized carbons (Fsp3) is 0.333. The van der Waals surface area contributed by atoms with E-state index in [1.54, 1.807) is 17.0 Å². The predicted molar refractivity (Wildman–Crippen MR) is 116 cm³/mol. The molecule has 1 aliphatic rings. The van der Waals surface area contributed by atoms with Crippen LogP contribution in [0.1, 0.15) is 12.0 Å². The van der Waals surface area contributed by atoms with Crippen LogP contribution < -0.4 is 4.90 Å². The van der Waals surface area contributed by atoms with Crippen LogP contribution in [0.4, 0.5) is 5.69 Å². The zero-order valence-corrected chi connectivity index (χ0v) is 18.2. The van der Waals surface area contributed by atoms with E-state index < -0.39 is 10.0 Å². The van der Waals surface area contributed by atoms with E-state index >= 15 is 0 Å². The molecule has 0 spiro atoms. The van der Waals surface area contributed by atoms with Crippen LogP contribution in [0.3, 0.4) is 0 Å². The van der Waals surface area contributed by atoms with Crippen molar-refractivity contribution in [2.24, 2.45) is 0 Å². The lowest BCUT2D eigenvalue weighted by molar-refractivity contribution is -0.131. The molecule has 0 radical (unpaired) electrons. The minimum Gasteiger partial charge on any atom is -0.370 e. The smallest absolute Gasteiger partial charge is 0.243 e. The summed E-state index contributed by atoms with van der Waals surface area (Å²) >= 11 is 5.83. The Morgan fingerprint density at radius 1 is 1.07 bits per heavy atom. The molecule has 0 atom stereocenters. The Kier molecular flexibility index (Phi) is 6.98. The third-order valence-electron chi connectivity index (χ3n) is 5.09. The molecule has 7 nitrogen and oxygen atoms in total. The van der Waals surface area contributed by atoms with Crippen molar-refractivity contribution in [1.82, 2.24) is 9.21 Å². The topological polar surface area (TPSA) is 84.7 Å². The molecular formula is C21H23ClN4O3S. The van der Waals surface area contributed by atoms with E-state index in [4.69, 9.17) is 16.9 Å². The molecular weight excluding hydrogens is 424 g/mol. The number of hydrogen-bond acceptors (Lipinski definition) is 5. The van der Waals surface area contributed by atoms with E-state index in [-0.39, 0.29) is 17.3 Å². The fourth-order valence-electron chi connectivity index (χ4n) is 3.33. The highest BCUT2D eigenvalue weighted by Gasteiger charge is 2.26. The second-order valence-electron chi connectivity index (χ2n) is 7.10. The van der Waals surface area contributed by atoms with Gasteiger partial charge >= 0.3 is 0 Å². The highest BCUT2D eigenvalue weighted by atomic mass is 35.5. The van der Waals surface area contributed by atoms with Gasteiger partial charge in [0.1, 0.15) is 0 Å². The summed E-state index contributed by atoms with van der Waals surface area (Å²) in [7, 11) is -2.36. The van der Waals surface area contributed by atoms with Crippen molar-refractivity contribution in [2.75, 3.05) is 44.7 Å². The van der Waals surface area contributed by atoms with E-state index in [1.807, 2.05) is 12.1 Å². The standard InChI is InChI=1S/C21H23ClN4O3S/c1-24(30(28,29)20-9-5-18(22)6-10-20)16-21(27)26-12-2-11-25(13-14-26)19-7-3-17(15-23)4-8-19/h3-10H,2,11-14,16H2,1H3. The number of halogens is 1. The number of likely N-dealkylation sites (N-methyl/N-ethyl adjacent to an activating group) is 1. The summed E-state index contributed by atoms with van der Waals surface area (Å²) in [5.74, 6) is -0.225.